The third-order valence-electron chi connectivity index (χ3n) is 5.87. The maximum absolute atomic E-state index is 13.2. The van der Waals surface area contributed by atoms with Gasteiger partial charge in [-0.3, -0.25) is 9.69 Å². The molecule has 4 heteroatoms. The Balaban J connectivity index is 1.64. The van der Waals surface area contributed by atoms with Gasteiger partial charge in [0.1, 0.15) is 0 Å². The molecular weight excluding hydrogens is 346 g/mol. The molecule has 0 saturated carbocycles. The Bertz CT molecular complexity index is 869. The fourth-order valence-corrected chi connectivity index (χ4v) is 4.29. The molecule has 1 atom stereocenters. The molecule has 2 heterocycles. The van der Waals surface area contributed by atoms with Crippen LogP contribution in [0.5, 0.6) is 0 Å². The number of amides is 1. The van der Waals surface area contributed by atoms with Gasteiger partial charge in [-0.25, -0.2) is 5.01 Å². The first-order valence-corrected chi connectivity index (χ1v) is 10.4. The monoisotopic (exact) mass is 375 g/mol. The lowest BCUT2D eigenvalue weighted by Gasteiger charge is -2.29. The molecule has 0 radical (unpaired) electrons. The number of rotatable bonds is 4. The van der Waals surface area contributed by atoms with Gasteiger partial charge >= 0.3 is 0 Å². The molecule has 0 spiro atoms. The van der Waals surface area contributed by atoms with Crippen LogP contribution in [0.3, 0.4) is 0 Å². The van der Waals surface area contributed by atoms with Gasteiger partial charge in [0, 0.05) is 6.42 Å². The molecule has 2 aromatic rings. The van der Waals surface area contributed by atoms with Crippen molar-refractivity contribution in [3.8, 4) is 0 Å². The number of carbonyl (C=O) groups excluding carboxylic acids is 1. The summed E-state index contributed by atoms with van der Waals surface area (Å²) in [6.07, 6.45) is 4.41. The minimum absolute atomic E-state index is 0.0209. The fourth-order valence-electron chi connectivity index (χ4n) is 4.29. The van der Waals surface area contributed by atoms with E-state index in [0.717, 1.165) is 30.8 Å². The van der Waals surface area contributed by atoms with Crippen molar-refractivity contribution in [3.05, 3.63) is 70.8 Å². The van der Waals surface area contributed by atoms with Crippen LogP contribution >= 0.6 is 0 Å². The molecule has 1 fully saturated rings. The van der Waals surface area contributed by atoms with Gasteiger partial charge in [-0.1, -0.05) is 60.5 Å². The van der Waals surface area contributed by atoms with Crippen LogP contribution in [0.2, 0.25) is 0 Å². The molecule has 4 rings (SSSR count). The minimum Gasteiger partial charge on any atom is -0.294 e. The van der Waals surface area contributed by atoms with Gasteiger partial charge in [0.25, 0.3) is 5.91 Å². The average molecular weight is 376 g/mol. The lowest BCUT2D eigenvalue weighted by atomic mass is 9.94. The number of hydrazone groups is 1. The lowest BCUT2D eigenvalue weighted by molar-refractivity contribution is -0.134. The van der Waals surface area contributed by atoms with Crippen LogP contribution in [0, 0.1) is 13.8 Å². The van der Waals surface area contributed by atoms with Crippen molar-refractivity contribution in [2.75, 3.05) is 19.6 Å². The Hall–Kier alpha value is -2.46. The Kier molecular flexibility index (Phi) is 5.58. The second-order valence-electron chi connectivity index (χ2n) is 8.07. The third-order valence-corrected chi connectivity index (χ3v) is 5.87. The van der Waals surface area contributed by atoms with Crippen molar-refractivity contribution in [1.29, 1.82) is 0 Å². The molecule has 0 bridgehead atoms. The molecule has 4 nitrogen and oxygen atoms in total. The van der Waals surface area contributed by atoms with E-state index >= 15 is 0 Å². The summed E-state index contributed by atoms with van der Waals surface area (Å²) < 4.78 is 0. The molecule has 0 N–H and O–H groups in total. The number of carbonyl (C=O) groups is 1. The minimum atomic E-state index is -0.0209. The Morgan fingerprint density at radius 3 is 2.54 bits per heavy atom. The van der Waals surface area contributed by atoms with E-state index in [1.54, 1.807) is 5.01 Å². The van der Waals surface area contributed by atoms with E-state index in [1.165, 1.54) is 36.0 Å². The van der Waals surface area contributed by atoms with Crippen LogP contribution < -0.4 is 0 Å². The number of likely N-dealkylation sites (tertiary alicyclic amines) is 1. The Morgan fingerprint density at radius 2 is 1.79 bits per heavy atom. The van der Waals surface area contributed by atoms with Gasteiger partial charge < -0.3 is 0 Å². The standard InChI is InChI=1S/C24H29N3O/c1-18-11-12-19(2)21(15-18)23-16-22(20-9-5-3-6-10-20)25-27(23)24(28)17-26-13-7-4-8-14-26/h3,5-6,9-12,15,23H,4,7-8,13-14,16-17H2,1-2H3. The molecular formula is C24H29N3O. The molecule has 2 aliphatic heterocycles. The third kappa shape index (κ3) is 4.02. The molecule has 1 saturated heterocycles. The highest BCUT2D eigenvalue weighted by molar-refractivity contribution is 6.03. The van der Waals surface area contributed by atoms with E-state index in [0.29, 0.717) is 6.54 Å². The van der Waals surface area contributed by atoms with Crippen LogP contribution in [-0.2, 0) is 4.79 Å². The van der Waals surface area contributed by atoms with Crippen molar-refractivity contribution in [1.82, 2.24) is 9.91 Å². The van der Waals surface area contributed by atoms with Crippen LogP contribution in [0.15, 0.2) is 53.6 Å². The predicted octanol–water partition coefficient (Wildman–Crippen LogP) is 4.47. The molecule has 2 aromatic carbocycles. The molecule has 0 aliphatic carbocycles. The largest absolute Gasteiger partial charge is 0.294 e. The second-order valence-corrected chi connectivity index (χ2v) is 8.07. The van der Waals surface area contributed by atoms with Gasteiger partial charge in [0.05, 0.1) is 18.3 Å². The summed E-state index contributed by atoms with van der Waals surface area (Å²) in [5.74, 6) is 0.110. The summed E-state index contributed by atoms with van der Waals surface area (Å²) in [6.45, 7) is 6.73. The maximum Gasteiger partial charge on any atom is 0.257 e. The number of nitrogens with zero attached hydrogens (tertiary/aromatic N) is 3. The number of hydrogen-bond donors (Lipinski definition) is 0. The first-order valence-electron chi connectivity index (χ1n) is 10.4. The van der Waals surface area contributed by atoms with Crippen molar-refractivity contribution in [2.24, 2.45) is 5.10 Å². The summed E-state index contributed by atoms with van der Waals surface area (Å²) in [6, 6.07) is 16.7. The lowest BCUT2D eigenvalue weighted by Crippen LogP contribution is -2.40. The van der Waals surface area contributed by atoms with Crippen LogP contribution in [0.1, 0.15) is 54.0 Å². The Morgan fingerprint density at radius 1 is 1.04 bits per heavy atom. The fraction of sp³-hybridized carbons (Fsp3) is 0.417. The summed E-state index contributed by atoms with van der Waals surface area (Å²) >= 11 is 0. The molecule has 28 heavy (non-hydrogen) atoms. The van der Waals surface area contributed by atoms with Crippen LogP contribution in [-0.4, -0.2) is 41.2 Å². The Labute approximate surface area is 167 Å². The van der Waals surface area contributed by atoms with E-state index in [1.807, 2.05) is 18.2 Å². The summed E-state index contributed by atoms with van der Waals surface area (Å²) in [4.78, 5) is 15.5. The first kappa shape index (κ1) is 18.9. The SMILES string of the molecule is Cc1ccc(C)c(C2CC(c3ccccc3)=NN2C(=O)CN2CCCCC2)c1. The van der Waals surface area contributed by atoms with Crippen molar-refractivity contribution >= 4 is 11.6 Å². The van der Waals surface area contributed by atoms with Crippen LogP contribution in [0.25, 0.3) is 0 Å². The molecule has 1 unspecified atom stereocenters. The zero-order valence-corrected chi connectivity index (χ0v) is 16.9. The highest BCUT2D eigenvalue weighted by Crippen LogP contribution is 2.35. The van der Waals surface area contributed by atoms with E-state index < -0.39 is 0 Å². The topological polar surface area (TPSA) is 35.9 Å². The number of benzene rings is 2. The van der Waals surface area contributed by atoms with Gasteiger partial charge in [-0.2, -0.15) is 5.10 Å². The number of aryl methyl sites for hydroxylation is 2. The number of piperidine rings is 1. The van der Waals surface area contributed by atoms with E-state index in [-0.39, 0.29) is 11.9 Å². The zero-order valence-electron chi connectivity index (χ0n) is 16.9. The predicted molar refractivity (Wildman–Crippen MR) is 113 cm³/mol. The van der Waals surface area contributed by atoms with Gasteiger partial charge in [-0.15, -0.1) is 0 Å². The quantitative estimate of drug-likeness (QED) is 0.791. The molecule has 146 valence electrons. The van der Waals surface area contributed by atoms with Crippen molar-refractivity contribution < 1.29 is 4.79 Å². The summed E-state index contributed by atoms with van der Waals surface area (Å²) in [5, 5.41) is 6.59. The van der Waals surface area contributed by atoms with E-state index in [9.17, 15) is 4.79 Å². The molecule has 2 aliphatic rings. The van der Waals surface area contributed by atoms with Crippen LogP contribution in [0.4, 0.5) is 0 Å². The van der Waals surface area contributed by atoms with E-state index in [2.05, 4.69) is 49.1 Å². The smallest absolute Gasteiger partial charge is 0.257 e. The average Bonchev–Trinajstić information content (AvgIpc) is 3.17. The zero-order chi connectivity index (χ0) is 19.5. The summed E-state index contributed by atoms with van der Waals surface area (Å²) in [7, 11) is 0. The van der Waals surface area contributed by atoms with Crippen molar-refractivity contribution in [3.63, 3.8) is 0 Å². The van der Waals surface area contributed by atoms with Crippen molar-refractivity contribution in [2.45, 2.75) is 45.6 Å². The van der Waals surface area contributed by atoms with E-state index in [4.69, 9.17) is 5.10 Å². The number of hydrogen-bond acceptors (Lipinski definition) is 3. The molecule has 0 aromatic heterocycles. The maximum atomic E-state index is 13.2. The van der Waals surface area contributed by atoms with Gasteiger partial charge in [0.2, 0.25) is 0 Å². The highest BCUT2D eigenvalue weighted by Gasteiger charge is 2.34. The highest BCUT2D eigenvalue weighted by atomic mass is 16.2. The van der Waals surface area contributed by atoms with Gasteiger partial charge in [-0.05, 0) is 56.5 Å². The molecule has 1 amide bonds. The van der Waals surface area contributed by atoms with Gasteiger partial charge in [0.15, 0.2) is 0 Å². The normalized spacial score (nSPS) is 20.3. The summed E-state index contributed by atoms with van der Waals surface area (Å²) in [5.41, 5.74) is 5.75. The first-order chi connectivity index (χ1) is 13.6. The second kappa shape index (κ2) is 8.27.